The van der Waals surface area contributed by atoms with Gasteiger partial charge in [0.2, 0.25) is 5.88 Å². The molecule has 0 bridgehead atoms. The number of aromatic nitrogens is 3. The maximum absolute atomic E-state index is 12.1. The Hall–Kier alpha value is -2.52. The summed E-state index contributed by atoms with van der Waals surface area (Å²) in [6.45, 7) is 1.90. The number of H-pyrrole nitrogens is 1. The number of aromatic hydroxyl groups is 1. The first kappa shape index (κ1) is 18.3. The summed E-state index contributed by atoms with van der Waals surface area (Å²) in [4.78, 5) is 34.7. The lowest BCUT2D eigenvalue weighted by Crippen LogP contribution is -2.31. The van der Waals surface area contributed by atoms with Crippen molar-refractivity contribution in [1.82, 2.24) is 14.5 Å². The number of nitrogens with zero attached hydrogens (tertiary/aromatic N) is 3. The first-order valence-electron chi connectivity index (χ1n) is 7.38. The molecule has 0 spiro atoms. The lowest BCUT2D eigenvalue weighted by molar-refractivity contribution is 0.430. The van der Waals surface area contributed by atoms with Crippen molar-refractivity contribution in [2.24, 2.45) is 4.99 Å². The van der Waals surface area contributed by atoms with Gasteiger partial charge in [0, 0.05) is 6.21 Å². The number of hydrogen-bond acceptors (Lipinski definition) is 5. The number of pyridine rings is 1. The quantitative estimate of drug-likeness (QED) is 0.445. The molecule has 2 heterocycles. The number of nitrogens with one attached hydrogen (secondary N) is 1. The molecule has 0 fully saturated rings. The van der Waals surface area contributed by atoms with E-state index in [9.17, 15) is 14.7 Å². The number of hydrogen-bond donors (Lipinski definition) is 2. The van der Waals surface area contributed by atoms with Crippen molar-refractivity contribution in [2.75, 3.05) is 0 Å². The second kappa shape index (κ2) is 7.38. The summed E-state index contributed by atoms with van der Waals surface area (Å²) >= 11 is 6.55. The molecule has 1 aromatic carbocycles. The van der Waals surface area contributed by atoms with Gasteiger partial charge in [0.25, 0.3) is 5.56 Å². The van der Waals surface area contributed by atoms with Gasteiger partial charge in [-0.2, -0.15) is 0 Å². The highest BCUT2D eigenvalue weighted by Gasteiger charge is 2.14. The van der Waals surface area contributed by atoms with Gasteiger partial charge in [0.1, 0.15) is 10.2 Å². The van der Waals surface area contributed by atoms with Gasteiger partial charge in [-0.1, -0.05) is 17.7 Å². The third-order valence-corrected chi connectivity index (χ3v) is 4.58. The average molecular weight is 480 g/mol. The normalized spacial score (nSPS) is 11.2. The molecular weight excluding hydrogens is 468 g/mol. The molecule has 7 nitrogen and oxygen atoms in total. The molecule has 2 N–H and O–H groups in total. The highest BCUT2D eigenvalue weighted by atomic mass is 79.9. The van der Waals surface area contributed by atoms with Crippen LogP contribution in [-0.2, 0) is 0 Å². The van der Waals surface area contributed by atoms with Crippen molar-refractivity contribution in [2.45, 2.75) is 6.92 Å². The van der Waals surface area contributed by atoms with E-state index >= 15 is 0 Å². The van der Waals surface area contributed by atoms with Crippen LogP contribution in [0.25, 0.3) is 5.69 Å². The average Bonchev–Trinajstić information content (AvgIpc) is 2.59. The van der Waals surface area contributed by atoms with E-state index < -0.39 is 17.1 Å². The van der Waals surface area contributed by atoms with E-state index in [2.05, 4.69) is 46.8 Å². The van der Waals surface area contributed by atoms with Crippen LogP contribution in [0.1, 0.15) is 11.1 Å². The van der Waals surface area contributed by atoms with Gasteiger partial charge < -0.3 is 5.11 Å². The van der Waals surface area contributed by atoms with Gasteiger partial charge in [-0.3, -0.25) is 9.78 Å². The van der Waals surface area contributed by atoms with Crippen molar-refractivity contribution < 1.29 is 5.11 Å². The zero-order valence-electron chi connectivity index (χ0n) is 13.4. The minimum atomic E-state index is -0.745. The summed E-state index contributed by atoms with van der Waals surface area (Å²) in [7, 11) is 0. The predicted molar refractivity (Wildman–Crippen MR) is 106 cm³/mol. The topological polar surface area (TPSA) is 100 Å². The molecule has 0 radical (unpaired) electrons. The van der Waals surface area contributed by atoms with Gasteiger partial charge >= 0.3 is 5.69 Å². The molecule has 0 amide bonds. The number of halogens is 2. The standard InChI is InChI=1S/C17H12Br2N4O3/c1-9-2-4-10(5-3-9)23-16(25)11(15(24)22-17(23)26)8-20-14-12(18)6-7-13(19)21-14/h2-8,25H,1H3,(H,22,24,26)/b20-8+. The zero-order valence-corrected chi connectivity index (χ0v) is 16.6. The molecule has 2 aromatic heterocycles. The van der Waals surface area contributed by atoms with Gasteiger partial charge in [-0.15, -0.1) is 0 Å². The van der Waals surface area contributed by atoms with Crippen LogP contribution in [0.3, 0.4) is 0 Å². The smallest absolute Gasteiger partial charge is 0.335 e. The number of aryl methyl sites for hydroxylation is 1. The maximum atomic E-state index is 12.1. The number of rotatable bonds is 3. The van der Waals surface area contributed by atoms with Crippen LogP contribution < -0.4 is 11.2 Å². The maximum Gasteiger partial charge on any atom is 0.335 e. The molecule has 0 saturated carbocycles. The van der Waals surface area contributed by atoms with Crippen molar-refractivity contribution in [3.8, 4) is 11.6 Å². The molecule has 0 aliphatic heterocycles. The molecule has 132 valence electrons. The fourth-order valence-corrected chi connectivity index (χ4v) is 2.84. The Labute approximate surface area is 164 Å². The Balaban J connectivity index is 2.14. The number of aliphatic imine (C=N–C) groups is 1. The molecular formula is C17H12Br2N4O3. The Bertz CT molecular complexity index is 1120. The molecule has 3 aromatic rings. The van der Waals surface area contributed by atoms with Gasteiger partial charge in [0.15, 0.2) is 5.82 Å². The zero-order chi connectivity index (χ0) is 18.8. The molecule has 26 heavy (non-hydrogen) atoms. The molecule has 0 atom stereocenters. The van der Waals surface area contributed by atoms with Gasteiger partial charge in [0.05, 0.1) is 10.2 Å². The Kier molecular flexibility index (Phi) is 5.19. The Morgan fingerprint density at radius 3 is 2.54 bits per heavy atom. The number of aromatic amines is 1. The van der Waals surface area contributed by atoms with Crippen molar-refractivity contribution in [1.29, 1.82) is 0 Å². The van der Waals surface area contributed by atoms with Crippen LogP contribution >= 0.6 is 31.9 Å². The molecule has 0 unspecified atom stereocenters. The molecule has 0 aliphatic rings. The third kappa shape index (κ3) is 3.68. The summed E-state index contributed by atoms with van der Waals surface area (Å²) in [5.41, 5.74) is -0.219. The minimum Gasteiger partial charge on any atom is -0.493 e. The van der Waals surface area contributed by atoms with E-state index in [-0.39, 0.29) is 5.56 Å². The van der Waals surface area contributed by atoms with Crippen LogP contribution in [0.2, 0.25) is 0 Å². The highest BCUT2D eigenvalue weighted by molar-refractivity contribution is 9.11. The molecule has 3 rings (SSSR count). The van der Waals surface area contributed by atoms with Gasteiger partial charge in [-0.05, 0) is 63.0 Å². The van der Waals surface area contributed by atoms with E-state index in [1.165, 1.54) is 0 Å². The molecule has 0 saturated heterocycles. The fraction of sp³-hybridized carbons (Fsp3) is 0.0588. The highest BCUT2D eigenvalue weighted by Crippen LogP contribution is 2.25. The van der Waals surface area contributed by atoms with Crippen molar-refractivity contribution in [3.05, 3.63) is 77.4 Å². The monoisotopic (exact) mass is 478 g/mol. The lowest BCUT2D eigenvalue weighted by atomic mass is 10.2. The Morgan fingerprint density at radius 1 is 1.15 bits per heavy atom. The summed E-state index contributed by atoms with van der Waals surface area (Å²) < 4.78 is 2.18. The van der Waals surface area contributed by atoms with Crippen LogP contribution in [0, 0.1) is 6.92 Å². The van der Waals surface area contributed by atoms with E-state index in [4.69, 9.17) is 0 Å². The summed E-state index contributed by atoms with van der Waals surface area (Å²) in [6, 6.07) is 10.4. The largest absolute Gasteiger partial charge is 0.493 e. The lowest BCUT2D eigenvalue weighted by Gasteiger charge is -2.09. The van der Waals surface area contributed by atoms with E-state index in [1.807, 2.05) is 6.92 Å². The first-order valence-corrected chi connectivity index (χ1v) is 8.97. The third-order valence-electron chi connectivity index (χ3n) is 3.52. The SMILES string of the molecule is Cc1ccc(-n2c(O)c(/C=N/c3nc(Br)ccc3Br)c(=O)[nH]c2=O)cc1. The second-order valence-corrected chi connectivity index (χ2v) is 7.03. The molecule has 9 heteroatoms. The Morgan fingerprint density at radius 2 is 1.85 bits per heavy atom. The predicted octanol–water partition coefficient (Wildman–Crippen LogP) is 3.21. The minimum absolute atomic E-state index is 0.154. The second-order valence-electron chi connectivity index (χ2n) is 5.37. The summed E-state index contributed by atoms with van der Waals surface area (Å²) in [6.07, 6.45) is 1.16. The van der Waals surface area contributed by atoms with Crippen LogP contribution in [-0.4, -0.2) is 25.9 Å². The van der Waals surface area contributed by atoms with Crippen LogP contribution in [0.4, 0.5) is 5.82 Å². The van der Waals surface area contributed by atoms with E-state index in [0.29, 0.717) is 20.6 Å². The number of benzene rings is 1. The van der Waals surface area contributed by atoms with Crippen LogP contribution in [0.15, 0.2) is 60.1 Å². The summed E-state index contributed by atoms with van der Waals surface area (Å²) in [5.74, 6) is -0.191. The van der Waals surface area contributed by atoms with Gasteiger partial charge in [-0.25, -0.2) is 19.3 Å². The van der Waals surface area contributed by atoms with Crippen molar-refractivity contribution >= 4 is 43.9 Å². The molecule has 0 aliphatic carbocycles. The van der Waals surface area contributed by atoms with E-state index in [0.717, 1.165) is 16.3 Å². The first-order chi connectivity index (χ1) is 12.4. The van der Waals surface area contributed by atoms with Crippen LogP contribution in [0.5, 0.6) is 5.88 Å². The fourth-order valence-electron chi connectivity index (χ4n) is 2.21. The van der Waals surface area contributed by atoms with Crippen molar-refractivity contribution in [3.63, 3.8) is 0 Å². The summed E-state index contributed by atoms with van der Waals surface area (Å²) in [5, 5.41) is 10.5. The van der Waals surface area contributed by atoms with E-state index in [1.54, 1.807) is 36.4 Å².